The molecular weight excluding hydrogens is 630 g/mol. The van der Waals surface area contributed by atoms with E-state index in [2.05, 4.69) is 10.2 Å². The zero-order valence-corrected chi connectivity index (χ0v) is 26.3. The predicted octanol–water partition coefficient (Wildman–Crippen LogP) is 7.70. The van der Waals surface area contributed by atoms with E-state index in [9.17, 15) is 14.7 Å². The summed E-state index contributed by atoms with van der Waals surface area (Å²) in [5.41, 5.74) is 2.79. The van der Waals surface area contributed by atoms with Gasteiger partial charge < -0.3 is 14.6 Å². The lowest BCUT2D eigenvalue weighted by Crippen LogP contribution is -2.29. The highest BCUT2D eigenvalue weighted by Gasteiger charge is 2.48. The number of benzene rings is 4. The van der Waals surface area contributed by atoms with Crippen LogP contribution in [-0.4, -0.2) is 34.1 Å². The number of ketones is 1. The van der Waals surface area contributed by atoms with Crippen molar-refractivity contribution in [2.45, 2.75) is 22.7 Å². The number of methoxy groups -OCH3 is 1. The first kappa shape index (κ1) is 30.4. The number of hydrogen-bond donors (Lipinski definition) is 1. The molecule has 6 rings (SSSR count). The van der Waals surface area contributed by atoms with Crippen LogP contribution in [0.2, 0.25) is 5.02 Å². The Labute approximate surface area is 272 Å². The zero-order valence-electron chi connectivity index (χ0n) is 23.9. The highest BCUT2D eigenvalue weighted by Crippen LogP contribution is 2.45. The van der Waals surface area contributed by atoms with E-state index in [1.165, 1.54) is 35.1 Å². The second kappa shape index (κ2) is 13.6. The Morgan fingerprint density at radius 2 is 1.64 bits per heavy atom. The molecule has 1 unspecified atom stereocenters. The number of amides is 1. The molecule has 1 aromatic heterocycles. The highest BCUT2D eigenvalue weighted by molar-refractivity contribution is 8.00. The van der Waals surface area contributed by atoms with Crippen molar-refractivity contribution in [1.29, 1.82) is 0 Å². The van der Waals surface area contributed by atoms with Gasteiger partial charge >= 0.3 is 5.91 Å². The lowest BCUT2D eigenvalue weighted by Gasteiger charge is -2.23. The van der Waals surface area contributed by atoms with Crippen LogP contribution in [0.4, 0.5) is 5.13 Å². The number of halogens is 1. The van der Waals surface area contributed by atoms with Gasteiger partial charge in [-0.25, -0.2) is 0 Å². The third-order valence-corrected chi connectivity index (χ3v) is 9.62. The molecule has 1 fully saturated rings. The molecule has 45 heavy (non-hydrogen) atoms. The summed E-state index contributed by atoms with van der Waals surface area (Å²) >= 11 is 8.92. The standard InChI is InChI=1S/C34H26ClN3O5S2/c1-42-27-18-23(16-17-26(27)43-19-21-10-4-2-5-11-21)29-28(30(39)22-12-6-3-7-13-22)31(40)32(41)38(29)33-36-37-34(45-33)44-20-24-14-8-9-15-25(24)35/h2-18,29,39H,19-20H2,1H3/b30-28-. The van der Waals surface area contributed by atoms with Crippen LogP contribution in [-0.2, 0) is 21.9 Å². The maximum atomic E-state index is 13.6. The second-order valence-electron chi connectivity index (χ2n) is 9.95. The molecule has 0 radical (unpaired) electrons. The largest absolute Gasteiger partial charge is 0.507 e. The number of hydrogen-bond acceptors (Lipinski definition) is 9. The topological polar surface area (TPSA) is 102 Å². The number of anilines is 1. The number of aliphatic hydroxyl groups excluding tert-OH is 1. The Kier molecular flexibility index (Phi) is 9.16. The molecule has 0 aliphatic carbocycles. The molecule has 11 heteroatoms. The minimum atomic E-state index is -1.00. The molecule has 1 amide bonds. The number of ether oxygens (including phenoxy) is 2. The zero-order chi connectivity index (χ0) is 31.3. The average Bonchev–Trinajstić information content (AvgIpc) is 3.65. The van der Waals surface area contributed by atoms with Crippen molar-refractivity contribution >= 4 is 57.3 Å². The lowest BCUT2D eigenvalue weighted by atomic mass is 9.95. The number of aliphatic hydroxyl groups is 1. The van der Waals surface area contributed by atoms with Gasteiger partial charge in [0.25, 0.3) is 5.78 Å². The summed E-state index contributed by atoms with van der Waals surface area (Å²) in [6.45, 7) is 0.322. The van der Waals surface area contributed by atoms with E-state index < -0.39 is 17.7 Å². The summed E-state index contributed by atoms with van der Waals surface area (Å²) in [6, 6.07) is 30.1. The van der Waals surface area contributed by atoms with E-state index in [1.807, 2.05) is 54.6 Å². The molecule has 8 nitrogen and oxygen atoms in total. The molecule has 0 saturated carbocycles. The third-order valence-electron chi connectivity index (χ3n) is 7.14. The molecule has 1 aliphatic rings. The van der Waals surface area contributed by atoms with Crippen molar-refractivity contribution < 1.29 is 24.2 Å². The third kappa shape index (κ3) is 6.44. The number of aromatic nitrogens is 2. The van der Waals surface area contributed by atoms with Crippen molar-refractivity contribution in [3.63, 3.8) is 0 Å². The van der Waals surface area contributed by atoms with Crippen molar-refractivity contribution in [2.75, 3.05) is 12.0 Å². The number of rotatable bonds is 10. The lowest BCUT2D eigenvalue weighted by molar-refractivity contribution is -0.132. The summed E-state index contributed by atoms with van der Waals surface area (Å²) < 4.78 is 12.3. The summed E-state index contributed by atoms with van der Waals surface area (Å²) in [5.74, 6) is -0.500. The maximum Gasteiger partial charge on any atom is 0.301 e. The molecule has 4 aromatic carbocycles. The Hall–Kier alpha value is -4.64. The molecule has 2 heterocycles. The second-order valence-corrected chi connectivity index (χ2v) is 12.5. The maximum absolute atomic E-state index is 13.6. The van der Waals surface area contributed by atoms with Gasteiger partial charge in [-0.2, -0.15) is 0 Å². The van der Waals surface area contributed by atoms with Crippen LogP contribution in [0.3, 0.4) is 0 Å². The minimum Gasteiger partial charge on any atom is -0.507 e. The first-order valence-electron chi connectivity index (χ1n) is 13.9. The SMILES string of the molecule is COc1cc(C2/C(=C(/O)c3ccccc3)C(=O)C(=O)N2c2nnc(SCc3ccccc3Cl)s2)ccc1OCc1ccccc1. The van der Waals surface area contributed by atoms with Crippen LogP contribution in [0.15, 0.2) is 113 Å². The number of Topliss-reactive ketones (excluding diaryl/α,β-unsaturated/α-hetero) is 1. The van der Waals surface area contributed by atoms with Crippen molar-refractivity contribution in [1.82, 2.24) is 10.2 Å². The number of nitrogens with zero attached hydrogens (tertiary/aromatic N) is 3. The Bertz CT molecular complexity index is 1880. The first-order chi connectivity index (χ1) is 21.9. The molecule has 1 saturated heterocycles. The first-order valence-corrected chi connectivity index (χ1v) is 16.0. The van der Waals surface area contributed by atoms with E-state index in [0.29, 0.717) is 44.3 Å². The van der Waals surface area contributed by atoms with Gasteiger partial charge in [0.15, 0.2) is 15.8 Å². The summed E-state index contributed by atoms with van der Waals surface area (Å²) in [7, 11) is 1.52. The molecule has 0 spiro atoms. The van der Waals surface area contributed by atoms with Crippen molar-refractivity contribution in [3.8, 4) is 11.5 Å². The number of carbonyl (C=O) groups is 2. The van der Waals surface area contributed by atoms with Crippen LogP contribution >= 0.6 is 34.7 Å². The normalized spacial score (nSPS) is 15.8. The van der Waals surface area contributed by atoms with Crippen LogP contribution in [0.5, 0.6) is 11.5 Å². The highest BCUT2D eigenvalue weighted by atomic mass is 35.5. The van der Waals surface area contributed by atoms with Crippen molar-refractivity contribution in [3.05, 3.63) is 136 Å². The van der Waals surface area contributed by atoms with Crippen LogP contribution in [0.25, 0.3) is 5.76 Å². The van der Waals surface area contributed by atoms with Gasteiger partial charge in [0.05, 0.1) is 18.7 Å². The quantitative estimate of drug-likeness (QED) is 0.0537. The monoisotopic (exact) mass is 655 g/mol. The predicted molar refractivity (Wildman–Crippen MR) is 176 cm³/mol. The fourth-order valence-corrected chi connectivity index (χ4v) is 7.07. The molecule has 226 valence electrons. The van der Waals surface area contributed by atoms with Gasteiger partial charge in [0.1, 0.15) is 12.4 Å². The Morgan fingerprint density at radius 1 is 0.933 bits per heavy atom. The number of carbonyl (C=O) groups excluding carboxylic acids is 2. The molecule has 1 aliphatic heterocycles. The van der Waals surface area contributed by atoms with E-state index in [0.717, 1.165) is 11.1 Å². The van der Waals surface area contributed by atoms with E-state index in [1.54, 1.807) is 48.5 Å². The fourth-order valence-electron chi connectivity index (χ4n) is 4.92. The van der Waals surface area contributed by atoms with Gasteiger partial charge in [0, 0.05) is 16.3 Å². The van der Waals surface area contributed by atoms with Gasteiger partial charge in [0.2, 0.25) is 5.13 Å². The fraction of sp³-hybridized carbons (Fsp3) is 0.118. The Balaban J connectivity index is 1.37. The van der Waals surface area contributed by atoms with Gasteiger partial charge in [-0.15, -0.1) is 10.2 Å². The van der Waals surface area contributed by atoms with E-state index in [-0.39, 0.29) is 16.5 Å². The molecule has 0 bridgehead atoms. The summed E-state index contributed by atoms with van der Waals surface area (Å²) in [4.78, 5) is 28.5. The molecule has 1 atom stereocenters. The van der Waals surface area contributed by atoms with E-state index >= 15 is 0 Å². The van der Waals surface area contributed by atoms with E-state index in [4.69, 9.17) is 21.1 Å². The van der Waals surface area contributed by atoms with Gasteiger partial charge in [-0.3, -0.25) is 14.5 Å². The average molecular weight is 656 g/mol. The van der Waals surface area contributed by atoms with Crippen LogP contribution in [0, 0.1) is 0 Å². The van der Waals surface area contributed by atoms with Crippen LogP contribution in [0.1, 0.15) is 28.3 Å². The number of thioether (sulfide) groups is 1. The molecule has 1 N–H and O–H groups in total. The van der Waals surface area contributed by atoms with Crippen LogP contribution < -0.4 is 14.4 Å². The van der Waals surface area contributed by atoms with Gasteiger partial charge in [-0.05, 0) is 34.9 Å². The van der Waals surface area contributed by atoms with Gasteiger partial charge in [-0.1, -0.05) is 120 Å². The smallest absolute Gasteiger partial charge is 0.301 e. The summed E-state index contributed by atoms with van der Waals surface area (Å²) in [6.07, 6.45) is 0. The molecular formula is C34H26ClN3O5S2. The summed E-state index contributed by atoms with van der Waals surface area (Å²) in [5, 5.41) is 20.9. The van der Waals surface area contributed by atoms with Crippen molar-refractivity contribution in [2.24, 2.45) is 0 Å². The molecule has 5 aromatic rings. The minimum absolute atomic E-state index is 0.0633. The Morgan fingerprint density at radius 3 is 2.38 bits per heavy atom.